The highest BCUT2D eigenvalue weighted by atomic mass is 32.2. The monoisotopic (exact) mass is 347 g/mol. The Bertz CT molecular complexity index is 868. The normalized spacial score (nSPS) is 15.5. The van der Waals surface area contributed by atoms with Gasteiger partial charge in [0, 0.05) is 13.1 Å². The van der Waals surface area contributed by atoms with Gasteiger partial charge in [0.1, 0.15) is 11.3 Å². The summed E-state index contributed by atoms with van der Waals surface area (Å²) in [4.78, 5) is 11.2. The van der Waals surface area contributed by atoms with Gasteiger partial charge in [0.05, 0.1) is 4.90 Å². The highest BCUT2D eigenvalue weighted by molar-refractivity contribution is 7.89. The van der Waals surface area contributed by atoms with Gasteiger partial charge in [0.2, 0.25) is 10.0 Å². The second-order valence-corrected chi connectivity index (χ2v) is 7.61. The molecule has 1 heterocycles. The zero-order valence-electron chi connectivity index (χ0n) is 12.8. The van der Waals surface area contributed by atoms with E-state index in [1.54, 1.807) is 18.2 Å². The average Bonchev–Trinajstić information content (AvgIpc) is 3.10. The number of aromatic carboxylic acids is 1. The Morgan fingerprint density at radius 1 is 0.958 bits per heavy atom. The topological polar surface area (TPSA) is 94.9 Å². The van der Waals surface area contributed by atoms with E-state index in [1.807, 2.05) is 0 Å². The number of aromatic hydroxyl groups is 1. The Hall–Kier alpha value is -2.38. The third-order valence-corrected chi connectivity index (χ3v) is 6.03. The molecule has 0 aliphatic carbocycles. The summed E-state index contributed by atoms with van der Waals surface area (Å²) in [6, 6.07) is 10.6. The van der Waals surface area contributed by atoms with Gasteiger partial charge in [-0.05, 0) is 48.2 Å². The van der Waals surface area contributed by atoms with E-state index in [0.717, 1.165) is 12.8 Å². The second kappa shape index (κ2) is 6.26. The minimum atomic E-state index is -3.46. The van der Waals surface area contributed by atoms with Gasteiger partial charge < -0.3 is 10.2 Å². The Labute approximate surface area is 140 Å². The first-order valence-corrected chi connectivity index (χ1v) is 9.00. The smallest absolute Gasteiger partial charge is 0.339 e. The first-order valence-electron chi connectivity index (χ1n) is 7.56. The molecule has 6 nitrogen and oxygen atoms in total. The van der Waals surface area contributed by atoms with Crippen LogP contribution in [0.1, 0.15) is 23.2 Å². The zero-order valence-corrected chi connectivity index (χ0v) is 13.7. The Morgan fingerprint density at radius 2 is 1.54 bits per heavy atom. The van der Waals surface area contributed by atoms with E-state index in [2.05, 4.69) is 0 Å². The molecule has 2 aromatic carbocycles. The largest absolute Gasteiger partial charge is 0.507 e. The van der Waals surface area contributed by atoms with Crippen LogP contribution in [0.25, 0.3) is 11.1 Å². The van der Waals surface area contributed by atoms with Crippen molar-refractivity contribution in [1.29, 1.82) is 0 Å². The van der Waals surface area contributed by atoms with E-state index in [1.165, 1.54) is 28.6 Å². The van der Waals surface area contributed by atoms with Crippen LogP contribution in [0.2, 0.25) is 0 Å². The standard InChI is InChI=1S/C17H17NO5S/c19-16-11-13(5-8-15(16)17(20)21)12-3-6-14(7-4-12)24(22,23)18-9-1-2-10-18/h3-8,11,19H,1-2,9-10H2,(H,20,21). The van der Waals surface area contributed by atoms with Crippen molar-refractivity contribution in [2.24, 2.45) is 0 Å². The van der Waals surface area contributed by atoms with Gasteiger partial charge in [-0.15, -0.1) is 0 Å². The van der Waals surface area contributed by atoms with Crippen LogP contribution < -0.4 is 0 Å². The van der Waals surface area contributed by atoms with Crippen LogP contribution in [0.4, 0.5) is 0 Å². The molecule has 0 saturated carbocycles. The summed E-state index contributed by atoms with van der Waals surface area (Å²) >= 11 is 0. The summed E-state index contributed by atoms with van der Waals surface area (Å²) in [5.74, 6) is -1.53. The van der Waals surface area contributed by atoms with E-state index in [-0.39, 0.29) is 16.2 Å². The fraction of sp³-hybridized carbons (Fsp3) is 0.235. The summed E-state index contributed by atoms with van der Waals surface area (Å²) in [7, 11) is -3.46. The summed E-state index contributed by atoms with van der Waals surface area (Å²) in [6.07, 6.45) is 1.76. The lowest BCUT2D eigenvalue weighted by Crippen LogP contribution is -2.27. The van der Waals surface area contributed by atoms with Gasteiger partial charge in [-0.3, -0.25) is 0 Å². The van der Waals surface area contributed by atoms with Crippen LogP contribution in [0.3, 0.4) is 0 Å². The number of benzene rings is 2. The molecule has 1 aliphatic rings. The molecule has 7 heteroatoms. The molecule has 0 radical (unpaired) electrons. The molecule has 0 spiro atoms. The van der Waals surface area contributed by atoms with E-state index in [9.17, 15) is 18.3 Å². The molecule has 1 fully saturated rings. The summed E-state index contributed by atoms with van der Waals surface area (Å²) < 4.78 is 26.4. The van der Waals surface area contributed by atoms with Crippen LogP contribution in [-0.4, -0.2) is 42.0 Å². The first kappa shape index (κ1) is 16.5. The molecule has 0 atom stereocenters. The van der Waals surface area contributed by atoms with Gasteiger partial charge >= 0.3 is 5.97 Å². The summed E-state index contributed by atoms with van der Waals surface area (Å²) in [5, 5.41) is 18.7. The van der Waals surface area contributed by atoms with E-state index < -0.39 is 16.0 Å². The lowest BCUT2D eigenvalue weighted by Gasteiger charge is -2.15. The molecule has 2 N–H and O–H groups in total. The molecule has 0 unspecified atom stereocenters. The SMILES string of the molecule is O=C(O)c1ccc(-c2ccc(S(=O)(=O)N3CCCC3)cc2)cc1O. The van der Waals surface area contributed by atoms with Crippen LogP contribution in [0.15, 0.2) is 47.4 Å². The molecule has 24 heavy (non-hydrogen) atoms. The predicted molar refractivity (Wildman–Crippen MR) is 88.5 cm³/mol. The Kier molecular flexibility index (Phi) is 4.29. The number of nitrogens with zero attached hydrogens (tertiary/aromatic N) is 1. The second-order valence-electron chi connectivity index (χ2n) is 5.67. The molecule has 0 aromatic heterocycles. The first-order chi connectivity index (χ1) is 11.4. The fourth-order valence-electron chi connectivity index (χ4n) is 2.79. The highest BCUT2D eigenvalue weighted by Gasteiger charge is 2.26. The van der Waals surface area contributed by atoms with Crippen molar-refractivity contribution in [2.75, 3.05) is 13.1 Å². The quantitative estimate of drug-likeness (QED) is 0.886. The van der Waals surface area contributed by atoms with Gasteiger partial charge in [-0.1, -0.05) is 18.2 Å². The van der Waals surface area contributed by atoms with Crippen molar-refractivity contribution in [3.63, 3.8) is 0 Å². The Balaban J connectivity index is 1.90. The number of phenols is 1. The van der Waals surface area contributed by atoms with Crippen molar-refractivity contribution in [3.8, 4) is 16.9 Å². The van der Waals surface area contributed by atoms with Gasteiger partial charge in [0.25, 0.3) is 0 Å². The molecular formula is C17H17NO5S. The summed E-state index contributed by atoms with van der Waals surface area (Å²) in [5.41, 5.74) is 1.14. The van der Waals surface area contributed by atoms with Crippen LogP contribution in [0, 0.1) is 0 Å². The molecule has 0 amide bonds. The lowest BCUT2D eigenvalue weighted by atomic mass is 10.0. The molecule has 2 aromatic rings. The highest BCUT2D eigenvalue weighted by Crippen LogP contribution is 2.28. The number of hydrogen-bond donors (Lipinski definition) is 2. The van der Waals surface area contributed by atoms with Crippen molar-refractivity contribution in [3.05, 3.63) is 48.0 Å². The molecular weight excluding hydrogens is 330 g/mol. The van der Waals surface area contributed by atoms with Gasteiger partial charge in [-0.2, -0.15) is 4.31 Å². The van der Waals surface area contributed by atoms with Crippen molar-refractivity contribution >= 4 is 16.0 Å². The minimum Gasteiger partial charge on any atom is -0.507 e. The number of sulfonamides is 1. The van der Waals surface area contributed by atoms with Crippen LogP contribution in [-0.2, 0) is 10.0 Å². The number of rotatable bonds is 4. The molecule has 1 saturated heterocycles. The number of carboxylic acids is 1. The van der Waals surface area contributed by atoms with E-state index >= 15 is 0 Å². The fourth-order valence-corrected chi connectivity index (χ4v) is 4.31. The average molecular weight is 347 g/mol. The third kappa shape index (κ3) is 3.00. The van der Waals surface area contributed by atoms with Crippen LogP contribution in [0.5, 0.6) is 5.75 Å². The van der Waals surface area contributed by atoms with E-state index in [0.29, 0.717) is 24.2 Å². The maximum absolute atomic E-state index is 12.5. The Morgan fingerprint density at radius 3 is 2.08 bits per heavy atom. The maximum Gasteiger partial charge on any atom is 0.339 e. The number of carbonyl (C=O) groups is 1. The van der Waals surface area contributed by atoms with Crippen LogP contribution >= 0.6 is 0 Å². The molecule has 126 valence electrons. The maximum atomic E-state index is 12.5. The van der Waals surface area contributed by atoms with Crippen molar-refractivity contribution < 1.29 is 23.4 Å². The van der Waals surface area contributed by atoms with Crippen molar-refractivity contribution in [2.45, 2.75) is 17.7 Å². The zero-order chi connectivity index (χ0) is 17.3. The predicted octanol–water partition coefficient (Wildman–Crippen LogP) is 2.54. The number of hydrogen-bond acceptors (Lipinski definition) is 4. The molecule has 3 rings (SSSR count). The minimum absolute atomic E-state index is 0.174. The van der Waals surface area contributed by atoms with Crippen molar-refractivity contribution in [1.82, 2.24) is 4.31 Å². The lowest BCUT2D eigenvalue weighted by molar-refractivity contribution is 0.0693. The van der Waals surface area contributed by atoms with E-state index in [4.69, 9.17) is 5.11 Å². The van der Waals surface area contributed by atoms with Gasteiger partial charge in [0.15, 0.2) is 0 Å². The molecule has 1 aliphatic heterocycles. The third-order valence-electron chi connectivity index (χ3n) is 4.12. The number of carboxylic acid groups (broad SMARTS) is 1. The summed E-state index contributed by atoms with van der Waals surface area (Å²) in [6.45, 7) is 1.10. The van der Waals surface area contributed by atoms with Gasteiger partial charge in [-0.25, -0.2) is 13.2 Å². The molecule has 0 bridgehead atoms.